The topological polar surface area (TPSA) is 78.9 Å². The fourth-order valence-corrected chi connectivity index (χ4v) is 1.67. The predicted octanol–water partition coefficient (Wildman–Crippen LogP) is -0.702. The molecule has 0 bridgehead atoms. The average molecular weight is 230 g/mol. The summed E-state index contributed by atoms with van der Waals surface area (Å²) < 4.78 is 5.27. The molecular weight excluding hydrogens is 212 g/mol. The molecule has 1 unspecified atom stereocenters. The van der Waals surface area contributed by atoms with Crippen LogP contribution >= 0.6 is 0 Å². The molecule has 0 aromatic rings. The summed E-state index contributed by atoms with van der Waals surface area (Å²) in [5, 5.41) is 11.4. The average Bonchev–Trinajstić information content (AvgIpc) is 2.44. The van der Waals surface area contributed by atoms with Crippen molar-refractivity contribution in [3.8, 4) is 0 Å². The molecule has 6 nitrogen and oxygen atoms in total. The maximum atomic E-state index is 10.9. The van der Waals surface area contributed by atoms with Gasteiger partial charge in [0.1, 0.15) is 6.04 Å². The first-order valence-electron chi connectivity index (χ1n) is 5.39. The van der Waals surface area contributed by atoms with Crippen LogP contribution in [0.1, 0.15) is 13.3 Å². The van der Waals surface area contributed by atoms with Gasteiger partial charge in [0.2, 0.25) is 5.91 Å². The third kappa shape index (κ3) is 4.59. The highest BCUT2D eigenvalue weighted by Crippen LogP contribution is 2.00. The molecule has 1 fully saturated rings. The Kier molecular flexibility index (Phi) is 5.21. The number of hydrogen-bond donors (Lipinski definition) is 2. The van der Waals surface area contributed by atoms with Crippen molar-refractivity contribution < 1.29 is 19.4 Å². The van der Waals surface area contributed by atoms with Crippen LogP contribution in [0.5, 0.6) is 0 Å². The lowest BCUT2D eigenvalue weighted by molar-refractivity contribution is -0.142. The number of carbonyl (C=O) groups is 2. The minimum atomic E-state index is -1.000. The van der Waals surface area contributed by atoms with Gasteiger partial charge < -0.3 is 15.2 Å². The number of carboxylic acid groups (broad SMARTS) is 1. The van der Waals surface area contributed by atoms with Crippen molar-refractivity contribution in [3.05, 3.63) is 0 Å². The first-order valence-corrected chi connectivity index (χ1v) is 5.39. The highest BCUT2D eigenvalue weighted by molar-refractivity contribution is 5.82. The Hall–Kier alpha value is -1.14. The number of nitrogens with one attached hydrogen (secondary N) is 1. The summed E-state index contributed by atoms with van der Waals surface area (Å²) in [7, 11) is 0. The minimum Gasteiger partial charge on any atom is -0.480 e. The quantitative estimate of drug-likeness (QED) is 0.667. The molecule has 0 saturated carbocycles. The second-order valence-electron chi connectivity index (χ2n) is 3.86. The van der Waals surface area contributed by atoms with Gasteiger partial charge in [-0.15, -0.1) is 0 Å². The predicted molar refractivity (Wildman–Crippen MR) is 57.1 cm³/mol. The molecule has 1 aliphatic rings. The van der Waals surface area contributed by atoms with Gasteiger partial charge in [-0.1, -0.05) is 0 Å². The summed E-state index contributed by atoms with van der Waals surface area (Å²) in [4.78, 5) is 23.8. The fraction of sp³-hybridized carbons (Fsp3) is 0.800. The number of amides is 1. The lowest BCUT2D eigenvalue weighted by atomic mass is 10.2. The molecule has 0 aromatic heterocycles. The van der Waals surface area contributed by atoms with Crippen LogP contribution in [0.25, 0.3) is 0 Å². The van der Waals surface area contributed by atoms with E-state index in [4.69, 9.17) is 9.84 Å². The molecule has 1 rings (SSSR count). The van der Waals surface area contributed by atoms with Gasteiger partial charge in [-0.3, -0.25) is 9.69 Å². The third-order valence-electron chi connectivity index (χ3n) is 2.43. The Balaban J connectivity index is 2.45. The summed E-state index contributed by atoms with van der Waals surface area (Å²) >= 11 is 0. The number of hydrogen-bond acceptors (Lipinski definition) is 4. The van der Waals surface area contributed by atoms with E-state index in [1.54, 1.807) is 0 Å². The Morgan fingerprint density at radius 3 is 2.81 bits per heavy atom. The van der Waals surface area contributed by atoms with Gasteiger partial charge in [-0.2, -0.15) is 0 Å². The maximum Gasteiger partial charge on any atom is 0.327 e. The van der Waals surface area contributed by atoms with Gasteiger partial charge >= 0.3 is 5.97 Å². The van der Waals surface area contributed by atoms with E-state index in [1.807, 2.05) is 4.90 Å². The molecule has 0 aliphatic carbocycles. The number of aliphatic carboxylic acids is 1. The lowest BCUT2D eigenvalue weighted by Crippen LogP contribution is -2.48. The van der Waals surface area contributed by atoms with Crippen molar-refractivity contribution in [2.75, 3.05) is 32.8 Å². The van der Waals surface area contributed by atoms with Gasteiger partial charge in [0.15, 0.2) is 0 Å². The number of carbonyl (C=O) groups excluding carboxylic acids is 1. The molecule has 1 aliphatic heterocycles. The van der Waals surface area contributed by atoms with E-state index >= 15 is 0 Å². The minimum absolute atomic E-state index is 0.321. The van der Waals surface area contributed by atoms with Gasteiger partial charge in [0.25, 0.3) is 0 Å². The molecule has 1 heterocycles. The van der Waals surface area contributed by atoms with Crippen LogP contribution < -0.4 is 5.32 Å². The van der Waals surface area contributed by atoms with Crippen LogP contribution in [0.3, 0.4) is 0 Å². The van der Waals surface area contributed by atoms with E-state index in [9.17, 15) is 9.59 Å². The highest BCUT2D eigenvalue weighted by atomic mass is 16.5. The summed E-state index contributed by atoms with van der Waals surface area (Å²) in [5.74, 6) is -1.32. The Bertz CT molecular complexity index is 249. The zero-order valence-corrected chi connectivity index (χ0v) is 9.44. The molecule has 0 spiro atoms. The second-order valence-corrected chi connectivity index (χ2v) is 3.86. The van der Waals surface area contributed by atoms with Crippen molar-refractivity contribution >= 4 is 11.9 Å². The van der Waals surface area contributed by atoms with E-state index in [-0.39, 0.29) is 5.91 Å². The molecule has 2 N–H and O–H groups in total. The molecule has 1 amide bonds. The number of nitrogens with zero attached hydrogens (tertiary/aromatic N) is 1. The second kappa shape index (κ2) is 6.44. The summed E-state index contributed by atoms with van der Waals surface area (Å²) in [5.41, 5.74) is 0. The fourth-order valence-electron chi connectivity index (χ4n) is 1.67. The summed E-state index contributed by atoms with van der Waals surface area (Å²) in [6, 6.07) is -0.837. The molecule has 0 aromatic carbocycles. The van der Waals surface area contributed by atoms with Crippen molar-refractivity contribution in [1.29, 1.82) is 0 Å². The van der Waals surface area contributed by atoms with E-state index < -0.39 is 12.0 Å². The third-order valence-corrected chi connectivity index (χ3v) is 2.43. The molecule has 1 atom stereocenters. The normalized spacial score (nSPS) is 19.8. The van der Waals surface area contributed by atoms with Gasteiger partial charge in [0, 0.05) is 33.2 Å². The lowest BCUT2D eigenvalue weighted by Gasteiger charge is -2.23. The van der Waals surface area contributed by atoms with Gasteiger partial charge in [-0.05, 0) is 6.42 Å². The van der Waals surface area contributed by atoms with Crippen molar-refractivity contribution in [2.24, 2.45) is 0 Å². The van der Waals surface area contributed by atoms with E-state index in [0.29, 0.717) is 26.3 Å². The highest BCUT2D eigenvalue weighted by Gasteiger charge is 2.22. The number of ether oxygens (including phenoxy) is 1. The number of carboxylic acids is 1. The molecule has 0 radical (unpaired) electrons. The zero-order valence-electron chi connectivity index (χ0n) is 9.44. The zero-order chi connectivity index (χ0) is 12.0. The molecule has 16 heavy (non-hydrogen) atoms. The van der Waals surface area contributed by atoms with Gasteiger partial charge in [-0.25, -0.2) is 4.79 Å². The first-order chi connectivity index (χ1) is 7.59. The van der Waals surface area contributed by atoms with Crippen molar-refractivity contribution in [1.82, 2.24) is 10.2 Å². The molecular formula is C10H18N2O4. The summed E-state index contributed by atoms with van der Waals surface area (Å²) in [6.07, 6.45) is 0.895. The smallest absolute Gasteiger partial charge is 0.327 e. The Labute approximate surface area is 94.6 Å². The largest absolute Gasteiger partial charge is 0.480 e. The van der Waals surface area contributed by atoms with Crippen molar-refractivity contribution in [2.45, 2.75) is 19.4 Å². The van der Waals surface area contributed by atoms with Gasteiger partial charge in [0.05, 0.1) is 6.61 Å². The van der Waals surface area contributed by atoms with E-state index in [1.165, 1.54) is 6.92 Å². The Morgan fingerprint density at radius 1 is 1.44 bits per heavy atom. The molecule has 1 saturated heterocycles. The Morgan fingerprint density at radius 2 is 2.19 bits per heavy atom. The molecule has 6 heteroatoms. The summed E-state index contributed by atoms with van der Waals surface area (Å²) in [6.45, 7) is 4.51. The van der Waals surface area contributed by atoms with Crippen LogP contribution in [0, 0.1) is 0 Å². The molecule has 92 valence electrons. The van der Waals surface area contributed by atoms with Crippen molar-refractivity contribution in [3.63, 3.8) is 0 Å². The van der Waals surface area contributed by atoms with Crippen LogP contribution in [-0.2, 0) is 14.3 Å². The standard InChI is InChI=1S/C10H18N2O4/c1-8(13)11-9(10(14)15)7-12-3-2-5-16-6-4-12/h9H,2-7H2,1H3,(H,11,13)(H,14,15). The number of rotatable bonds is 4. The van der Waals surface area contributed by atoms with E-state index in [2.05, 4.69) is 5.32 Å². The van der Waals surface area contributed by atoms with E-state index in [0.717, 1.165) is 13.0 Å². The van der Waals surface area contributed by atoms with Crippen LogP contribution in [0.15, 0.2) is 0 Å². The van der Waals surface area contributed by atoms with Crippen LogP contribution in [0.2, 0.25) is 0 Å². The maximum absolute atomic E-state index is 10.9. The van der Waals surface area contributed by atoms with Crippen LogP contribution in [0.4, 0.5) is 0 Å². The SMILES string of the molecule is CC(=O)NC(CN1CCCOCC1)C(=O)O. The monoisotopic (exact) mass is 230 g/mol. The van der Waals surface area contributed by atoms with Crippen LogP contribution in [-0.4, -0.2) is 60.8 Å². The first kappa shape index (κ1) is 12.9.